The Bertz CT molecular complexity index is 384. The quantitative estimate of drug-likeness (QED) is 0.745. The van der Waals surface area contributed by atoms with Crippen molar-refractivity contribution >= 4 is 12.0 Å². The second-order valence-corrected chi connectivity index (χ2v) is 4.82. The standard InChI is InChI=1S/C14H20N2O/c1-15-9-7-13(8-10-15)16(2)14-6-4-3-5-12(14)11-17/h3-6,11,13H,7-10H2,1-2H3. The third-order valence-corrected chi connectivity index (χ3v) is 3.68. The normalized spacial score (nSPS) is 18.0. The first-order valence-corrected chi connectivity index (χ1v) is 6.18. The molecule has 1 aromatic carbocycles. The fourth-order valence-corrected chi connectivity index (χ4v) is 2.49. The van der Waals surface area contributed by atoms with E-state index in [0.29, 0.717) is 6.04 Å². The average molecular weight is 232 g/mol. The van der Waals surface area contributed by atoms with Crippen LogP contribution in [0.1, 0.15) is 23.2 Å². The molecule has 0 saturated carbocycles. The zero-order chi connectivity index (χ0) is 12.3. The molecule has 0 unspecified atom stereocenters. The molecule has 1 aromatic rings. The lowest BCUT2D eigenvalue weighted by Gasteiger charge is -2.36. The van der Waals surface area contributed by atoms with Crippen LogP contribution >= 0.6 is 0 Å². The number of aldehydes is 1. The smallest absolute Gasteiger partial charge is 0.152 e. The van der Waals surface area contributed by atoms with Gasteiger partial charge in [0.05, 0.1) is 0 Å². The molecule has 3 heteroatoms. The van der Waals surface area contributed by atoms with E-state index in [1.54, 1.807) is 0 Å². The van der Waals surface area contributed by atoms with Crippen LogP contribution in [0.25, 0.3) is 0 Å². The molecule has 0 N–H and O–H groups in total. The van der Waals surface area contributed by atoms with Gasteiger partial charge in [0.15, 0.2) is 6.29 Å². The molecule has 92 valence electrons. The summed E-state index contributed by atoms with van der Waals surface area (Å²) >= 11 is 0. The summed E-state index contributed by atoms with van der Waals surface area (Å²) < 4.78 is 0. The molecule has 1 fully saturated rings. The van der Waals surface area contributed by atoms with E-state index < -0.39 is 0 Å². The number of likely N-dealkylation sites (tertiary alicyclic amines) is 1. The number of anilines is 1. The van der Waals surface area contributed by atoms with Crippen LogP contribution in [-0.2, 0) is 0 Å². The Kier molecular flexibility index (Phi) is 3.79. The SMILES string of the molecule is CN1CCC(N(C)c2ccccc2C=O)CC1. The minimum atomic E-state index is 0.548. The Morgan fingerprint density at radius 2 is 1.94 bits per heavy atom. The number of nitrogens with zero attached hydrogens (tertiary/aromatic N) is 2. The van der Waals surface area contributed by atoms with Crippen LogP contribution in [0, 0.1) is 0 Å². The van der Waals surface area contributed by atoms with E-state index in [0.717, 1.165) is 30.6 Å². The second-order valence-electron chi connectivity index (χ2n) is 4.82. The maximum absolute atomic E-state index is 11.0. The van der Waals surface area contributed by atoms with Crippen LogP contribution < -0.4 is 4.90 Å². The molecular weight excluding hydrogens is 212 g/mol. The summed E-state index contributed by atoms with van der Waals surface area (Å²) in [6.07, 6.45) is 3.28. The maximum Gasteiger partial charge on any atom is 0.152 e. The van der Waals surface area contributed by atoms with Crippen molar-refractivity contribution in [2.24, 2.45) is 0 Å². The van der Waals surface area contributed by atoms with Crippen LogP contribution in [0.5, 0.6) is 0 Å². The number of benzene rings is 1. The van der Waals surface area contributed by atoms with Crippen molar-refractivity contribution in [1.29, 1.82) is 0 Å². The summed E-state index contributed by atoms with van der Waals surface area (Å²) in [4.78, 5) is 15.6. The van der Waals surface area contributed by atoms with E-state index in [-0.39, 0.29) is 0 Å². The van der Waals surface area contributed by atoms with Gasteiger partial charge in [-0.25, -0.2) is 0 Å². The van der Waals surface area contributed by atoms with Crippen LogP contribution in [0.2, 0.25) is 0 Å². The molecule has 0 bridgehead atoms. The molecule has 0 atom stereocenters. The average Bonchev–Trinajstić information content (AvgIpc) is 2.39. The van der Waals surface area contributed by atoms with Crippen molar-refractivity contribution in [3.05, 3.63) is 29.8 Å². The van der Waals surface area contributed by atoms with E-state index in [1.807, 2.05) is 24.3 Å². The van der Waals surface area contributed by atoms with Gasteiger partial charge in [-0.15, -0.1) is 0 Å². The molecule has 1 aliphatic heterocycles. The molecule has 0 aromatic heterocycles. The third kappa shape index (κ3) is 2.67. The van der Waals surface area contributed by atoms with Crippen molar-refractivity contribution < 1.29 is 4.79 Å². The minimum absolute atomic E-state index is 0.548. The minimum Gasteiger partial charge on any atom is -0.371 e. The number of carbonyl (C=O) groups excluding carboxylic acids is 1. The van der Waals surface area contributed by atoms with Gasteiger partial charge in [0.25, 0.3) is 0 Å². The van der Waals surface area contributed by atoms with Gasteiger partial charge < -0.3 is 9.80 Å². The molecule has 0 radical (unpaired) electrons. The van der Waals surface area contributed by atoms with E-state index in [9.17, 15) is 4.79 Å². The lowest BCUT2D eigenvalue weighted by atomic mass is 10.0. The topological polar surface area (TPSA) is 23.6 Å². The van der Waals surface area contributed by atoms with E-state index >= 15 is 0 Å². The first kappa shape index (κ1) is 12.1. The second kappa shape index (κ2) is 5.32. The van der Waals surface area contributed by atoms with Crippen LogP contribution in [0.4, 0.5) is 5.69 Å². The Labute approximate surface area is 103 Å². The number of hydrogen-bond donors (Lipinski definition) is 0. The van der Waals surface area contributed by atoms with Crippen molar-refractivity contribution in [3.8, 4) is 0 Å². The number of hydrogen-bond acceptors (Lipinski definition) is 3. The molecule has 0 amide bonds. The molecule has 1 saturated heterocycles. The number of para-hydroxylation sites is 1. The van der Waals surface area contributed by atoms with E-state index in [4.69, 9.17) is 0 Å². The number of carbonyl (C=O) groups is 1. The van der Waals surface area contributed by atoms with Gasteiger partial charge in [0, 0.05) is 24.3 Å². The van der Waals surface area contributed by atoms with Crippen molar-refractivity contribution in [2.45, 2.75) is 18.9 Å². The van der Waals surface area contributed by atoms with Gasteiger partial charge in [0.2, 0.25) is 0 Å². The molecular formula is C14H20N2O. The first-order valence-electron chi connectivity index (χ1n) is 6.18. The summed E-state index contributed by atoms with van der Waals surface area (Å²) in [5, 5.41) is 0. The highest BCUT2D eigenvalue weighted by Crippen LogP contribution is 2.24. The number of piperidine rings is 1. The zero-order valence-electron chi connectivity index (χ0n) is 10.6. The Hall–Kier alpha value is -1.35. The molecule has 1 heterocycles. The third-order valence-electron chi connectivity index (χ3n) is 3.68. The lowest BCUT2D eigenvalue weighted by Crippen LogP contribution is -2.42. The van der Waals surface area contributed by atoms with E-state index in [2.05, 4.69) is 23.9 Å². The van der Waals surface area contributed by atoms with E-state index in [1.165, 1.54) is 12.8 Å². The molecule has 2 rings (SSSR count). The van der Waals surface area contributed by atoms with Crippen molar-refractivity contribution in [1.82, 2.24) is 4.90 Å². The van der Waals surface area contributed by atoms with Crippen LogP contribution in [0.15, 0.2) is 24.3 Å². The molecule has 0 aliphatic carbocycles. The van der Waals surface area contributed by atoms with Gasteiger partial charge in [0.1, 0.15) is 0 Å². The highest BCUT2D eigenvalue weighted by Gasteiger charge is 2.21. The van der Waals surface area contributed by atoms with Crippen LogP contribution in [-0.4, -0.2) is 44.4 Å². The monoisotopic (exact) mass is 232 g/mol. The summed E-state index contributed by atoms with van der Waals surface area (Å²) in [6, 6.07) is 8.37. The molecule has 0 spiro atoms. The van der Waals surface area contributed by atoms with Gasteiger partial charge in [-0.2, -0.15) is 0 Å². The largest absolute Gasteiger partial charge is 0.371 e. The fraction of sp³-hybridized carbons (Fsp3) is 0.500. The highest BCUT2D eigenvalue weighted by atomic mass is 16.1. The molecule has 17 heavy (non-hydrogen) atoms. The predicted molar refractivity (Wildman–Crippen MR) is 70.8 cm³/mol. The lowest BCUT2D eigenvalue weighted by molar-refractivity contribution is 0.112. The van der Waals surface area contributed by atoms with Crippen LogP contribution in [0.3, 0.4) is 0 Å². The Balaban J connectivity index is 2.13. The Morgan fingerprint density at radius 3 is 2.59 bits per heavy atom. The van der Waals surface area contributed by atoms with Gasteiger partial charge in [-0.05, 0) is 45.1 Å². The summed E-state index contributed by atoms with van der Waals surface area (Å²) in [5.74, 6) is 0. The summed E-state index contributed by atoms with van der Waals surface area (Å²) in [6.45, 7) is 2.27. The predicted octanol–water partition coefficient (Wildman–Crippen LogP) is 2.03. The maximum atomic E-state index is 11.0. The fourth-order valence-electron chi connectivity index (χ4n) is 2.49. The Morgan fingerprint density at radius 1 is 1.29 bits per heavy atom. The molecule has 3 nitrogen and oxygen atoms in total. The van der Waals surface area contributed by atoms with Gasteiger partial charge >= 0.3 is 0 Å². The van der Waals surface area contributed by atoms with Crippen molar-refractivity contribution in [2.75, 3.05) is 32.1 Å². The van der Waals surface area contributed by atoms with Gasteiger partial charge in [-0.1, -0.05) is 12.1 Å². The highest BCUT2D eigenvalue weighted by molar-refractivity contribution is 5.84. The zero-order valence-corrected chi connectivity index (χ0v) is 10.6. The number of rotatable bonds is 3. The van der Waals surface area contributed by atoms with Gasteiger partial charge in [-0.3, -0.25) is 4.79 Å². The summed E-state index contributed by atoms with van der Waals surface area (Å²) in [5.41, 5.74) is 1.84. The first-order chi connectivity index (χ1) is 8.22. The summed E-state index contributed by atoms with van der Waals surface area (Å²) in [7, 11) is 4.26. The van der Waals surface area contributed by atoms with Crippen molar-refractivity contribution in [3.63, 3.8) is 0 Å². The molecule has 1 aliphatic rings.